The van der Waals surface area contributed by atoms with E-state index in [1.165, 1.54) is 0 Å². The molecule has 1 nitrogen and oxygen atoms in total. The lowest BCUT2D eigenvalue weighted by Crippen LogP contribution is -2.28. The molecule has 0 aliphatic rings. The zero-order valence-corrected chi connectivity index (χ0v) is 5.40. The van der Waals surface area contributed by atoms with E-state index in [-0.39, 0.29) is 12.6 Å². The van der Waals surface area contributed by atoms with Crippen molar-refractivity contribution in [1.29, 1.82) is 0 Å². The maximum Gasteiger partial charge on any atom is 0.250 e. The minimum absolute atomic E-state index is 0.0287. The molecule has 54 valence electrons. The lowest BCUT2D eigenvalue weighted by Gasteiger charge is -2.06. The minimum atomic E-state index is -2.27. The van der Waals surface area contributed by atoms with Crippen LogP contribution >= 0.6 is 0 Å². The predicted molar refractivity (Wildman–Crippen MR) is 33.7 cm³/mol. The summed E-state index contributed by atoms with van der Waals surface area (Å²) >= 11 is 0. The van der Waals surface area contributed by atoms with E-state index in [2.05, 4.69) is 11.9 Å². The van der Waals surface area contributed by atoms with Gasteiger partial charge in [-0.15, -0.1) is 6.58 Å². The van der Waals surface area contributed by atoms with Crippen molar-refractivity contribution in [3.05, 3.63) is 12.7 Å². The van der Waals surface area contributed by atoms with E-state index in [1.54, 1.807) is 13.0 Å². The van der Waals surface area contributed by atoms with Gasteiger partial charge in [-0.05, 0) is 6.92 Å². The van der Waals surface area contributed by atoms with Crippen molar-refractivity contribution in [2.24, 2.45) is 0 Å². The molecule has 0 aliphatic heterocycles. The standard InChI is InChI=1S/C6H11F2N/c1-3-5(2)9-4-6(7)8/h3,5-6,9H,1,4H2,2H3. The maximum atomic E-state index is 11.4. The molecule has 0 aromatic heterocycles. The second-order valence-electron chi connectivity index (χ2n) is 1.82. The first-order valence-electron chi connectivity index (χ1n) is 2.81. The van der Waals surface area contributed by atoms with E-state index in [9.17, 15) is 8.78 Å². The summed E-state index contributed by atoms with van der Waals surface area (Å²) in [6.07, 6.45) is -0.685. The van der Waals surface area contributed by atoms with Gasteiger partial charge in [-0.2, -0.15) is 0 Å². The van der Waals surface area contributed by atoms with Crippen LogP contribution in [0, 0.1) is 0 Å². The third-order valence-electron chi connectivity index (χ3n) is 0.948. The number of hydrogen-bond donors (Lipinski definition) is 1. The Morgan fingerprint density at radius 1 is 1.67 bits per heavy atom. The highest BCUT2D eigenvalue weighted by Crippen LogP contribution is 1.89. The van der Waals surface area contributed by atoms with Crippen LogP contribution in [0.25, 0.3) is 0 Å². The van der Waals surface area contributed by atoms with Gasteiger partial charge in [0.05, 0.1) is 6.54 Å². The second-order valence-corrected chi connectivity index (χ2v) is 1.82. The average Bonchev–Trinajstić information content (AvgIpc) is 1.83. The Kier molecular flexibility index (Phi) is 4.22. The topological polar surface area (TPSA) is 12.0 Å². The fourth-order valence-electron chi connectivity index (χ4n) is 0.358. The Balaban J connectivity index is 3.16. The number of rotatable bonds is 4. The van der Waals surface area contributed by atoms with Gasteiger partial charge in [0.25, 0.3) is 6.43 Å². The molecule has 0 aromatic rings. The highest BCUT2D eigenvalue weighted by molar-refractivity contribution is 4.80. The monoisotopic (exact) mass is 135 g/mol. The molecule has 0 aliphatic carbocycles. The van der Waals surface area contributed by atoms with Gasteiger partial charge in [0, 0.05) is 6.04 Å². The normalized spacial score (nSPS) is 13.8. The second kappa shape index (κ2) is 4.44. The van der Waals surface area contributed by atoms with Crippen LogP contribution in [-0.4, -0.2) is 19.0 Å². The Morgan fingerprint density at radius 3 is 2.56 bits per heavy atom. The zero-order valence-electron chi connectivity index (χ0n) is 5.40. The van der Waals surface area contributed by atoms with Gasteiger partial charge in [-0.25, -0.2) is 8.78 Å². The quantitative estimate of drug-likeness (QED) is 0.575. The SMILES string of the molecule is C=CC(C)NCC(F)F. The van der Waals surface area contributed by atoms with Crippen molar-refractivity contribution in [3.63, 3.8) is 0 Å². The molecule has 0 spiro atoms. The van der Waals surface area contributed by atoms with Gasteiger partial charge >= 0.3 is 0 Å². The van der Waals surface area contributed by atoms with Crippen molar-refractivity contribution in [3.8, 4) is 0 Å². The van der Waals surface area contributed by atoms with Gasteiger partial charge < -0.3 is 5.32 Å². The highest BCUT2D eigenvalue weighted by atomic mass is 19.3. The van der Waals surface area contributed by atoms with Crippen LogP contribution in [0.2, 0.25) is 0 Å². The molecule has 0 radical (unpaired) electrons. The average molecular weight is 135 g/mol. The number of alkyl halides is 2. The summed E-state index contributed by atoms with van der Waals surface area (Å²) in [5.74, 6) is 0. The summed E-state index contributed by atoms with van der Waals surface area (Å²) in [7, 11) is 0. The Bertz CT molecular complexity index is 83.1. The smallest absolute Gasteiger partial charge is 0.250 e. The molecule has 0 saturated carbocycles. The molecule has 9 heavy (non-hydrogen) atoms. The molecule has 0 fully saturated rings. The van der Waals surface area contributed by atoms with E-state index < -0.39 is 6.43 Å². The highest BCUT2D eigenvalue weighted by Gasteiger charge is 2.01. The number of hydrogen-bond acceptors (Lipinski definition) is 1. The predicted octanol–water partition coefficient (Wildman–Crippen LogP) is 1.42. The molecule has 3 heteroatoms. The lowest BCUT2D eigenvalue weighted by atomic mass is 10.3. The Labute approximate surface area is 53.8 Å². The van der Waals surface area contributed by atoms with E-state index in [0.717, 1.165) is 0 Å². The van der Waals surface area contributed by atoms with Crippen molar-refractivity contribution in [2.45, 2.75) is 19.4 Å². The first kappa shape index (κ1) is 8.56. The van der Waals surface area contributed by atoms with Crippen LogP contribution in [-0.2, 0) is 0 Å². The zero-order chi connectivity index (χ0) is 7.28. The van der Waals surface area contributed by atoms with Crippen molar-refractivity contribution in [2.75, 3.05) is 6.54 Å². The van der Waals surface area contributed by atoms with Gasteiger partial charge in [0.1, 0.15) is 0 Å². The fraction of sp³-hybridized carbons (Fsp3) is 0.667. The molecule has 0 amide bonds. The minimum Gasteiger partial charge on any atom is -0.305 e. The van der Waals surface area contributed by atoms with Crippen LogP contribution < -0.4 is 5.32 Å². The molecule has 1 unspecified atom stereocenters. The van der Waals surface area contributed by atoms with Crippen LogP contribution in [0.5, 0.6) is 0 Å². The third kappa shape index (κ3) is 5.43. The fourth-order valence-corrected chi connectivity index (χ4v) is 0.358. The Morgan fingerprint density at radius 2 is 2.22 bits per heavy atom. The van der Waals surface area contributed by atoms with Crippen molar-refractivity contribution in [1.82, 2.24) is 5.32 Å². The lowest BCUT2D eigenvalue weighted by molar-refractivity contribution is 0.144. The molecule has 0 heterocycles. The third-order valence-corrected chi connectivity index (χ3v) is 0.948. The molecule has 0 aromatic carbocycles. The summed E-state index contributed by atoms with van der Waals surface area (Å²) < 4.78 is 22.9. The maximum absolute atomic E-state index is 11.4. The first-order chi connectivity index (χ1) is 4.16. The molecular formula is C6H11F2N. The largest absolute Gasteiger partial charge is 0.305 e. The van der Waals surface area contributed by atoms with Crippen molar-refractivity contribution >= 4 is 0 Å². The molecule has 1 N–H and O–H groups in total. The molecule has 0 saturated heterocycles. The summed E-state index contributed by atoms with van der Waals surface area (Å²) in [4.78, 5) is 0. The van der Waals surface area contributed by atoms with Crippen molar-refractivity contribution < 1.29 is 8.78 Å². The summed E-state index contributed by atoms with van der Waals surface area (Å²) in [6.45, 7) is 4.95. The van der Waals surface area contributed by atoms with Crippen LogP contribution in [0.3, 0.4) is 0 Å². The number of nitrogens with one attached hydrogen (secondary N) is 1. The van der Waals surface area contributed by atoms with E-state index in [0.29, 0.717) is 0 Å². The first-order valence-corrected chi connectivity index (χ1v) is 2.81. The molecular weight excluding hydrogens is 124 g/mol. The molecule has 0 bridgehead atoms. The summed E-state index contributed by atoms with van der Waals surface area (Å²) in [6, 6.07) is -0.0287. The number of halogens is 2. The Hall–Kier alpha value is -0.440. The van der Waals surface area contributed by atoms with Crippen LogP contribution in [0.1, 0.15) is 6.92 Å². The van der Waals surface area contributed by atoms with Gasteiger partial charge in [-0.3, -0.25) is 0 Å². The van der Waals surface area contributed by atoms with E-state index >= 15 is 0 Å². The molecule has 0 rings (SSSR count). The van der Waals surface area contributed by atoms with Gasteiger partial charge in [-0.1, -0.05) is 6.08 Å². The summed E-state index contributed by atoms with van der Waals surface area (Å²) in [5, 5.41) is 2.56. The van der Waals surface area contributed by atoms with E-state index in [1.807, 2.05) is 0 Å². The van der Waals surface area contributed by atoms with Gasteiger partial charge in [0.15, 0.2) is 0 Å². The van der Waals surface area contributed by atoms with Gasteiger partial charge in [0.2, 0.25) is 0 Å². The van der Waals surface area contributed by atoms with Crippen LogP contribution in [0.4, 0.5) is 8.78 Å². The molecule has 1 atom stereocenters. The van der Waals surface area contributed by atoms with Crippen LogP contribution in [0.15, 0.2) is 12.7 Å². The van der Waals surface area contributed by atoms with E-state index in [4.69, 9.17) is 0 Å². The summed E-state index contributed by atoms with van der Waals surface area (Å²) in [5.41, 5.74) is 0.